The standard InChI is InChI=1S/C17H35/c1-4-7-9-11-13-16-17(14-6-3)15-12-10-8-5-2/h17H,3-16H2,1-2H3. The zero-order chi connectivity index (χ0) is 12.8. The molecule has 0 fully saturated rings. The summed E-state index contributed by atoms with van der Waals surface area (Å²) in [5, 5.41) is 0. The second-order valence-corrected chi connectivity index (χ2v) is 5.56. The van der Waals surface area contributed by atoms with E-state index in [1.54, 1.807) is 0 Å². The molecule has 0 N–H and O–H groups in total. The minimum Gasteiger partial charge on any atom is -0.0654 e. The van der Waals surface area contributed by atoms with Gasteiger partial charge in [0.2, 0.25) is 0 Å². The Morgan fingerprint density at radius 1 is 0.647 bits per heavy atom. The number of unbranched alkanes of at least 4 members (excludes halogenated alkanes) is 7. The lowest BCUT2D eigenvalue weighted by Crippen LogP contribution is -2.00. The molecule has 0 nitrogen and oxygen atoms in total. The third-order valence-electron chi connectivity index (χ3n) is 3.79. The molecule has 1 unspecified atom stereocenters. The second kappa shape index (κ2) is 14.1. The minimum absolute atomic E-state index is 0.978. The van der Waals surface area contributed by atoms with Gasteiger partial charge in [0.15, 0.2) is 0 Å². The quantitative estimate of drug-likeness (QED) is 0.320. The van der Waals surface area contributed by atoms with E-state index in [2.05, 4.69) is 20.8 Å². The van der Waals surface area contributed by atoms with Crippen LogP contribution in [0.1, 0.15) is 97.3 Å². The van der Waals surface area contributed by atoms with E-state index in [0.717, 1.165) is 12.3 Å². The highest BCUT2D eigenvalue weighted by molar-refractivity contribution is 4.61. The topological polar surface area (TPSA) is 0 Å². The highest BCUT2D eigenvalue weighted by Crippen LogP contribution is 2.22. The van der Waals surface area contributed by atoms with Crippen LogP contribution in [0.4, 0.5) is 0 Å². The molecule has 0 heterocycles. The normalized spacial score (nSPS) is 12.9. The van der Waals surface area contributed by atoms with Crippen LogP contribution in [-0.2, 0) is 0 Å². The molecule has 0 aliphatic rings. The van der Waals surface area contributed by atoms with E-state index >= 15 is 0 Å². The van der Waals surface area contributed by atoms with Gasteiger partial charge < -0.3 is 0 Å². The van der Waals surface area contributed by atoms with E-state index < -0.39 is 0 Å². The molecule has 0 spiro atoms. The lowest BCUT2D eigenvalue weighted by atomic mass is 9.91. The zero-order valence-electron chi connectivity index (χ0n) is 12.5. The molecule has 0 aromatic carbocycles. The average molecular weight is 239 g/mol. The summed E-state index contributed by atoms with van der Waals surface area (Å²) in [7, 11) is 0. The Morgan fingerprint density at radius 2 is 1.12 bits per heavy atom. The molecule has 103 valence electrons. The number of hydrogen-bond donors (Lipinski definition) is 0. The Morgan fingerprint density at radius 3 is 1.59 bits per heavy atom. The first-order valence-corrected chi connectivity index (χ1v) is 8.14. The highest BCUT2D eigenvalue weighted by atomic mass is 14.1. The SMILES string of the molecule is [CH2]CCC(CCCCCC)CCCCCCC. The van der Waals surface area contributed by atoms with Gasteiger partial charge in [-0.05, 0) is 5.92 Å². The fourth-order valence-corrected chi connectivity index (χ4v) is 2.62. The first-order chi connectivity index (χ1) is 8.35. The molecule has 0 saturated heterocycles. The molecule has 1 radical (unpaired) electrons. The van der Waals surface area contributed by atoms with Crippen LogP contribution in [-0.4, -0.2) is 0 Å². The molecule has 0 amide bonds. The molecule has 0 rings (SSSR count). The van der Waals surface area contributed by atoms with E-state index in [0.29, 0.717) is 0 Å². The van der Waals surface area contributed by atoms with E-state index in [1.165, 1.54) is 77.0 Å². The van der Waals surface area contributed by atoms with Crippen LogP contribution in [0.3, 0.4) is 0 Å². The predicted molar refractivity (Wildman–Crippen MR) is 80.2 cm³/mol. The zero-order valence-corrected chi connectivity index (χ0v) is 12.5. The predicted octanol–water partition coefficient (Wildman–Crippen LogP) is 6.55. The molecule has 0 bridgehead atoms. The summed E-state index contributed by atoms with van der Waals surface area (Å²) in [4.78, 5) is 0. The number of rotatable bonds is 13. The summed E-state index contributed by atoms with van der Waals surface area (Å²) in [6, 6.07) is 0. The fourth-order valence-electron chi connectivity index (χ4n) is 2.62. The van der Waals surface area contributed by atoms with Gasteiger partial charge in [0, 0.05) is 0 Å². The summed E-state index contributed by atoms with van der Waals surface area (Å²) in [5.41, 5.74) is 0. The first-order valence-electron chi connectivity index (χ1n) is 8.14. The van der Waals surface area contributed by atoms with Crippen molar-refractivity contribution in [2.45, 2.75) is 97.3 Å². The van der Waals surface area contributed by atoms with E-state index in [-0.39, 0.29) is 0 Å². The van der Waals surface area contributed by atoms with Gasteiger partial charge in [-0.1, -0.05) is 104 Å². The van der Waals surface area contributed by atoms with Crippen molar-refractivity contribution in [2.24, 2.45) is 5.92 Å². The third-order valence-corrected chi connectivity index (χ3v) is 3.79. The Bertz CT molecular complexity index is 128. The third kappa shape index (κ3) is 12.2. The number of hydrogen-bond acceptors (Lipinski definition) is 0. The molecule has 0 saturated carbocycles. The van der Waals surface area contributed by atoms with Crippen LogP contribution < -0.4 is 0 Å². The van der Waals surface area contributed by atoms with Crippen molar-refractivity contribution in [1.29, 1.82) is 0 Å². The molecule has 0 aliphatic carbocycles. The lowest BCUT2D eigenvalue weighted by molar-refractivity contribution is 0.384. The monoisotopic (exact) mass is 239 g/mol. The second-order valence-electron chi connectivity index (χ2n) is 5.56. The molecule has 17 heavy (non-hydrogen) atoms. The maximum Gasteiger partial charge on any atom is -0.0414 e. The van der Waals surface area contributed by atoms with Crippen molar-refractivity contribution < 1.29 is 0 Å². The van der Waals surface area contributed by atoms with Crippen LogP contribution in [0.25, 0.3) is 0 Å². The van der Waals surface area contributed by atoms with Crippen LogP contribution in [0, 0.1) is 12.8 Å². The molecule has 0 heteroatoms. The van der Waals surface area contributed by atoms with Crippen molar-refractivity contribution >= 4 is 0 Å². The van der Waals surface area contributed by atoms with Gasteiger partial charge >= 0.3 is 0 Å². The van der Waals surface area contributed by atoms with Crippen molar-refractivity contribution in [2.75, 3.05) is 0 Å². The fraction of sp³-hybridized carbons (Fsp3) is 0.941. The maximum absolute atomic E-state index is 4.03. The molecule has 0 aromatic rings. The van der Waals surface area contributed by atoms with Gasteiger partial charge in [-0.3, -0.25) is 0 Å². The van der Waals surface area contributed by atoms with E-state index in [9.17, 15) is 0 Å². The molecule has 0 aromatic heterocycles. The molecular formula is C17H35. The highest BCUT2D eigenvalue weighted by Gasteiger charge is 2.07. The maximum atomic E-state index is 4.03. The average Bonchev–Trinajstić information content (AvgIpc) is 2.34. The summed E-state index contributed by atoms with van der Waals surface area (Å²) in [5.74, 6) is 0.978. The Labute approximate surface area is 111 Å². The van der Waals surface area contributed by atoms with Gasteiger partial charge in [0.25, 0.3) is 0 Å². The van der Waals surface area contributed by atoms with Crippen LogP contribution >= 0.6 is 0 Å². The summed E-state index contributed by atoms with van der Waals surface area (Å²) in [6.07, 6.45) is 18.2. The van der Waals surface area contributed by atoms with E-state index in [4.69, 9.17) is 0 Å². The van der Waals surface area contributed by atoms with Crippen molar-refractivity contribution in [3.8, 4) is 0 Å². The van der Waals surface area contributed by atoms with Crippen LogP contribution in [0.15, 0.2) is 0 Å². The lowest BCUT2D eigenvalue weighted by Gasteiger charge is -2.15. The van der Waals surface area contributed by atoms with Crippen molar-refractivity contribution in [1.82, 2.24) is 0 Å². The Kier molecular flexibility index (Phi) is 14.1. The molecule has 0 aliphatic heterocycles. The van der Waals surface area contributed by atoms with E-state index in [1.807, 2.05) is 0 Å². The smallest absolute Gasteiger partial charge is 0.0414 e. The van der Waals surface area contributed by atoms with Gasteiger partial charge in [-0.2, -0.15) is 0 Å². The van der Waals surface area contributed by atoms with Crippen LogP contribution in [0.5, 0.6) is 0 Å². The first kappa shape index (κ1) is 17.0. The van der Waals surface area contributed by atoms with Crippen molar-refractivity contribution in [3.63, 3.8) is 0 Å². The summed E-state index contributed by atoms with van der Waals surface area (Å²) >= 11 is 0. The Balaban J connectivity index is 3.45. The molecule has 1 atom stereocenters. The molecular weight excluding hydrogens is 204 g/mol. The largest absolute Gasteiger partial charge is 0.0654 e. The van der Waals surface area contributed by atoms with Gasteiger partial charge in [0.05, 0.1) is 0 Å². The van der Waals surface area contributed by atoms with Gasteiger partial charge in [-0.15, -0.1) is 0 Å². The van der Waals surface area contributed by atoms with Gasteiger partial charge in [-0.25, -0.2) is 0 Å². The van der Waals surface area contributed by atoms with Crippen molar-refractivity contribution in [3.05, 3.63) is 6.92 Å². The van der Waals surface area contributed by atoms with Gasteiger partial charge in [0.1, 0.15) is 0 Å². The minimum atomic E-state index is 0.978. The Hall–Kier alpha value is 0. The summed E-state index contributed by atoms with van der Waals surface area (Å²) < 4.78 is 0. The van der Waals surface area contributed by atoms with Crippen LogP contribution in [0.2, 0.25) is 0 Å². The summed E-state index contributed by atoms with van der Waals surface area (Å²) in [6.45, 7) is 8.61.